The summed E-state index contributed by atoms with van der Waals surface area (Å²) < 4.78 is 39.0. The maximum Gasteiger partial charge on any atom is 0.194 e. The Morgan fingerprint density at radius 1 is 1.12 bits per heavy atom. The second-order valence-electron chi connectivity index (χ2n) is 4.27. The number of benzene rings is 1. The summed E-state index contributed by atoms with van der Waals surface area (Å²) in [5.41, 5.74) is 0.413. The maximum atomic E-state index is 13.1. The average molecular weight is 244 g/mol. The number of anilines is 1. The molecule has 1 aromatic carbocycles. The first-order valence-corrected chi connectivity index (χ1v) is 5.68. The smallest absolute Gasteiger partial charge is 0.194 e. The second kappa shape index (κ2) is 4.96. The highest BCUT2D eigenvalue weighted by Crippen LogP contribution is 2.24. The lowest BCUT2D eigenvalue weighted by Gasteiger charge is -2.33. The zero-order valence-electron chi connectivity index (χ0n) is 9.64. The van der Waals surface area contributed by atoms with E-state index >= 15 is 0 Å². The summed E-state index contributed by atoms with van der Waals surface area (Å²) in [6.07, 6.45) is 1.83. The first-order valence-electron chi connectivity index (χ1n) is 5.68. The van der Waals surface area contributed by atoms with Gasteiger partial charge in [0.15, 0.2) is 17.5 Å². The van der Waals surface area contributed by atoms with Gasteiger partial charge in [0.1, 0.15) is 0 Å². The van der Waals surface area contributed by atoms with Crippen molar-refractivity contribution in [3.63, 3.8) is 0 Å². The minimum absolute atomic E-state index is 0.413. The molecule has 1 aromatic rings. The molecule has 0 aromatic heterocycles. The van der Waals surface area contributed by atoms with Gasteiger partial charge in [-0.3, -0.25) is 0 Å². The predicted octanol–water partition coefficient (Wildman–Crippen LogP) is 2.29. The van der Waals surface area contributed by atoms with Crippen molar-refractivity contribution < 1.29 is 13.2 Å². The van der Waals surface area contributed by atoms with Crippen LogP contribution in [0.5, 0.6) is 0 Å². The zero-order chi connectivity index (χ0) is 12.4. The minimum atomic E-state index is -1.40. The quantitative estimate of drug-likeness (QED) is 0.803. The van der Waals surface area contributed by atoms with Gasteiger partial charge in [-0.25, -0.2) is 13.2 Å². The van der Waals surface area contributed by atoms with Crippen LogP contribution < -0.4 is 10.2 Å². The van der Waals surface area contributed by atoms with E-state index in [2.05, 4.69) is 5.32 Å². The summed E-state index contributed by atoms with van der Waals surface area (Å²) >= 11 is 0. The van der Waals surface area contributed by atoms with Gasteiger partial charge in [0.25, 0.3) is 0 Å². The molecule has 1 aliphatic rings. The molecular formula is C12H15F3N2. The van der Waals surface area contributed by atoms with Crippen molar-refractivity contribution in [3.8, 4) is 0 Å². The molecule has 0 atom stereocenters. The third kappa shape index (κ3) is 2.54. The van der Waals surface area contributed by atoms with Crippen LogP contribution in [0.4, 0.5) is 18.9 Å². The number of halogens is 3. The maximum absolute atomic E-state index is 13.1. The van der Waals surface area contributed by atoms with Gasteiger partial charge < -0.3 is 10.2 Å². The van der Waals surface area contributed by atoms with Gasteiger partial charge in [-0.1, -0.05) is 0 Å². The molecule has 0 amide bonds. The Bertz CT molecular complexity index is 378. The Hall–Kier alpha value is -1.23. The molecule has 0 unspecified atom stereocenters. The lowest BCUT2D eigenvalue weighted by Crippen LogP contribution is -2.41. The van der Waals surface area contributed by atoms with Crippen LogP contribution in [0.3, 0.4) is 0 Å². The van der Waals surface area contributed by atoms with Gasteiger partial charge in [-0.15, -0.1) is 0 Å². The molecule has 1 N–H and O–H groups in total. The molecule has 0 aliphatic carbocycles. The first kappa shape index (κ1) is 12.2. The highest BCUT2D eigenvalue weighted by atomic mass is 19.2. The Labute approximate surface area is 98.4 Å². The van der Waals surface area contributed by atoms with Gasteiger partial charge in [0.05, 0.1) is 0 Å². The number of nitrogens with zero attached hydrogens (tertiary/aromatic N) is 1. The third-order valence-electron chi connectivity index (χ3n) is 3.24. The molecule has 0 spiro atoms. The molecular weight excluding hydrogens is 229 g/mol. The summed E-state index contributed by atoms with van der Waals surface area (Å²) in [5.74, 6) is -3.66. The van der Waals surface area contributed by atoms with Gasteiger partial charge >= 0.3 is 0 Å². The summed E-state index contributed by atoms with van der Waals surface area (Å²) in [6, 6.07) is 2.55. The van der Waals surface area contributed by atoms with E-state index in [4.69, 9.17) is 0 Å². The summed E-state index contributed by atoms with van der Waals surface area (Å²) in [7, 11) is 1.90. The second-order valence-corrected chi connectivity index (χ2v) is 4.27. The molecule has 0 saturated carbocycles. The fourth-order valence-electron chi connectivity index (χ4n) is 2.15. The van der Waals surface area contributed by atoms with E-state index in [-0.39, 0.29) is 0 Å². The summed E-state index contributed by atoms with van der Waals surface area (Å²) in [5, 5.41) is 3.17. The number of nitrogens with one attached hydrogen (secondary N) is 1. The van der Waals surface area contributed by atoms with Crippen LogP contribution in [0.2, 0.25) is 0 Å². The van der Waals surface area contributed by atoms with E-state index in [1.807, 2.05) is 11.9 Å². The van der Waals surface area contributed by atoms with E-state index in [0.717, 1.165) is 38.1 Å². The Morgan fingerprint density at radius 3 is 2.12 bits per heavy atom. The average Bonchev–Trinajstić information content (AvgIpc) is 2.35. The van der Waals surface area contributed by atoms with Crippen molar-refractivity contribution in [2.75, 3.05) is 25.0 Å². The summed E-state index contributed by atoms with van der Waals surface area (Å²) in [6.45, 7) is 1.44. The van der Waals surface area contributed by atoms with E-state index in [0.29, 0.717) is 11.7 Å². The lowest BCUT2D eigenvalue weighted by molar-refractivity contribution is 0.433. The minimum Gasteiger partial charge on any atom is -0.371 e. The number of rotatable bonds is 2. The van der Waals surface area contributed by atoms with Crippen LogP contribution >= 0.6 is 0 Å². The first-order chi connectivity index (χ1) is 8.11. The van der Waals surface area contributed by atoms with Gasteiger partial charge in [0.2, 0.25) is 0 Å². The third-order valence-corrected chi connectivity index (χ3v) is 3.24. The van der Waals surface area contributed by atoms with Gasteiger partial charge in [-0.05, 0) is 19.9 Å². The number of piperidine rings is 1. The van der Waals surface area contributed by atoms with E-state index < -0.39 is 17.5 Å². The normalized spacial score (nSPS) is 17.5. The van der Waals surface area contributed by atoms with Crippen LogP contribution in [0.25, 0.3) is 0 Å². The molecule has 2 nitrogen and oxygen atoms in total. The summed E-state index contributed by atoms with van der Waals surface area (Å²) in [4.78, 5) is 1.87. The SMILES string of the molecule is CNC1CCN(c2cc(F)c(F)c(F)c2)CC1. The monoisotopic (exact) mass is 244 g/mol. The Morgan fingerprint density at radius 2 is 1.65 bits per heavy atom. The van der Waals surface area contributed by atoms with Crippen molar-refractivity contribution in [1.29, 1.82) is 0 Å². The van der Waals surface area contributed by atoms with Crippen molar-refractivity contribution in [3.05, 3.63) is 29.6 Å². The Balaban J connectivity index is 2.13. The fraction of sp³-hybridized carbons (Fsp3) is 0.500. The van der Waals surface area contributed by atoms with Crippen LogP contribution in [0.15, 0.2) is 12.1 Å². The molecule has 17 heavy (non-hydrogen) atoms. The molecule has 1 fully saturated rings. The highest BCUT2D eigenvalue weighted by Gasteiger charge is 2.20. The van der Waals surface area contributed by atoms with Gasteiger partial charge in [-0.2, -0.15) is 0 Å². The van der Waals surface area contributed by atoms with Gasteiger partial charge in [0, 0.05) is 37.0 Å². The lowest BCUT2D eigenvalue weighted by atomic mass is 10.0. The molecule has 0 bridgehead atoms. The van der Waals surface area contributed by atoms with Crippen LogP contribution in [0, 0.1) is 17.5 Å². The van der Waals surface area contributed by atoms with Crippen molar-refractivity contribution in [2.45, 2.75) is 18.9 Å². The molecule has 1 aliphatic heterocycles. The molecule has 94 valence electrons. The molecule has 1 heterocycles. The fourth-order valence-corrected chi connectivity index (χ4v) is 2.15. The molecule has 5 heteroatoms. The standard InChI is InChI=1S/C12H15F3N2/c1-16-8-2-4-17(5-3-8)9-6-10(13)12(15)11(14)7-9/h6-8,16H,2-5H2,1H3. The van der Waals surface area contributed by atoms with Crippen LogP contribution in [-0.2, 0) is 0 Å². The Kier molecular flexibility index (Phi) is 3.57. The molecule has 0 radical (unpaired) electrons. The topological polar surface area (TPSA) is 15.3 Å². The van der Waals surface area contributed by atoms with Crippen molar-refractivity contribution >= 4 is 5.69 Å². The zero-order valence-corrected chi connectivity index (χ0v) is 9.64. The van der Waals surface area contributed by atoms with E-state index in [1.165, 1.54) is 0 Å². The van der Waals surface area contributed by atoms with Crippen molar-refractivity contribution in [2.24, 2.45) is 0 Å². The van der Waals surface area contributed by atoms with E-state index in [1.54, 1.807) is 0 Å². The number of hydrogen-bond donors (Lipinski definition) is 1. The van der Waals surface area contributed by atoms with Crippen LogP contribution in [-0.4, -0.2) is 26.2 Å². The molecule has 2 rings (SSSR count). The predicted molar refractivity (Wildman–Crippen MR) is 60.6 cm³/mol. The van der Waals surface area contributed by atoms with Crippen molar-refractivity contribution in [1.82, 2.24) is 5.32 Å². The largest absolute Gasteiger partial charge is 0.371 e. The highest BCUT2D eigenvalue weighted by molar-refractivity contribution is 5.47. The molecule has 1 saturated heterocycles. The number of hydrogen-bond acceptors (Lipinski definition) is 2. The van der Waals surface area contributed by atoms with Crippen LogP contribution in [0.1, 0.15) is 12.8 Å². The van der Waals surface area contributed by atoms with E-state index in [9.17, 15) is 13.2 Å².